The second-order valence-electron chi connectivity index (χ2n) is 6.65. The largest absolute Gasteiger partial charge is 0.507 e. The molecular weight excluding hydrogens is 366 g/mol. The molecule has 0 spiro atoms. The molecular formula is C20H26ClN3O3. The van der Waals surface area contributed by atoms with E-state index in [2.05, 4.69) is 10.2 Å². The predicted octanol–water partition coefficient (Wildman–Crippen LogP) is 2.68. The number of nitrogens with one attached hydrogen (secondary N) is 1. The summed E-state index contributed by atoms with van der Waals surface area (Å²) in [6.45, 7) is 3.22. The van der Waals surface area contributed by atoms with Crippen LogP contribution in [0.5, 0.6) is 5.75 Å². The first kappa shape index (κ1) is 21.0. The van der Waals surface area contributed by atoms with Gasteiger partial charge in [-0.05, 0) is 55.3 Å². The molecule has 2 aromatic carbocycles. The number of carbonyl (C=O) groups excluding carboxylic acids is 1. The van der Waals surface area contributed by atoms with Gasteiger partial charge in [-0.1, -0.05) is 17.7 Å². The number of phenols is 1. The highest BCUT2D eigenvalue weighted by molar-refractivity contribution is 6.30. The number of amides is 1. The first-order valence-corrected chi connectivity index (χ1v) is 9.16. The quantitative estimate of drug-likeness (QED) is 0.526. The summed E-state index contributed by atoms with van der Waals surface area (Å²) in [5, 5.41) is 24.0. The maximum atomic E-state index is 11.3. The average Bonchev–Trinajstić information content (AvgIpc) is 2.64. The van der Waals surface area contributed by atoms with Crippen molar-refractivity contribution in [1.29, 1.82) is 0 Å². The molecule has 0 saturated carbocycles. The number of nitrogens with two attached hydrogens (primary N) is 1. The number of aromatic hydroxyl groups is 1. The third kappa shape index (κ3) is 6.13. The normalized spacial score (nSPS) is 13.2. The Bertz CT molecular complexity index is 768. The lowest BCUT2D eigenvalue weighted by molar-refractivity contribution is 0.0997. The Morgan fingerprint density at radius 2 is 1.93 bits per heavy atom. The number of primary amides is 1. The van der Waals surface area contributed by atoms with Crippen LogP contribution in [0.2, 0.25) is 5.02 Å². The monoisotopic (exact) mass is 391 g/mol. The van der Waals surface area contributed by atoms with Crippen LogP contribution >= 0.6 is 11.6 Å². The van der Waals surface area contributed by atoms with E-state index in [-0.39, 0.29) is 17.4 Å². The van der Waals surface area contributed by atoms with Gasteiger partial charge < -0.3 is 26.2 Å². The van der Waals surface area contributed by atoms with Gasteiger partial charge in [-0.2, -0.15) is 0 Å². The third-order valence-corrected chi connectivity index (χ3v) is 4.75. The van der Waals surface area contributed by atoms with Crippen LogP contribution < -0.4 is 16.0 Å². The maximum Gasteiger partial charge on any atom is 0.252 e. The molecule has 0 heterocycles. The van der Waals surface area contributed by atoms with Crippen LogP contribution in [0.4, 0.5) is 5.69 Å². The number of carbonyl (C=O) groups is 1. The Hall–Kier alpha value is -2.28. The van der Waals surface area contributed by atoms with Gasteiger partial charge in [0.25, 0.3) is 5.91 Å². The SMILES string of the molecule is CC(CCN(C)c1ccc(Cl)cc1)NCC(O)c1ccc(O)c(C(N)=O)c1. The molecule has 0 radical (unpaired) electrons. The standard InChI is InChI=1S/C20H26ClN3O3/c1-13(9-10-24(2)16-6-4-15(21)5-7-16)23-12-19(26)14-3-8-18(25)17(11-14)20(22)27/h3-8,11,13,19,23,25-26H,9-10,12H2,1-2H3,(H2,22,27). The van der Waals surface area contributed by atoms with E-state index in [1.165, 1.54) is 12.1 Å². The predicted molar refractivity (Wildman–Crippen MR) is 108 cm³/mol. The molecule has 2 rings (SSSR count). The Balaban J connectivity index is 1.82. The zero-order valence-corrected chi connectivity index (χ0v) is 16.3. The summed E-state index contributed by atoms with van der Waals surface area (Å²) in [7, 11) is 2.02. The summed E-state index contributed by atoms with van der Waals surface area (Å²) in [6.07, 6.45) is 0.0775. The molecule has 2 atom stereocenters. The molecule has 1 amide bonds. The first-order chi connectivity index (χ1) is 12.8. The Kier molecular flexibility index (Phi) is 7.47. The molecule has 0 fully saturated rings. The Morgan fingerprint density at radius 3 is 2.56 bits per heavy atom. The third-order valence-electron chi connectivity index (χ3n) is 4.50. The number of hydrogen-bond donors (Lipinski definition) is 4. The van der Waals surface area contributed by atoms with Crippen molar-refractivity contribution < 1.29 is 15.0 Å². The molecule has 2 unspecified atom stereocenters. The van der Waals surface area contributed by atoms with Gasteiger partial charge in [-0.3, -0.25) is 4.79 Å². The zero-order valence-electron chi connectivity index (χ0n) is 15.5. The van der Waals surface area contributed by atoms with Crippen LogP contribution in [0, 0.1) is 0 Å². The molecule has 2 aromatic rings. The van der Waals surface area contributed by atoms with Crippen molar-refractivity contribution in [3.63, 3.8) is 0 Å². The van der Waals surface area contributed by atoms with Crippen LogP contribution in [-0.4, -0.2) is 42.3 Å². The van der Waals surface area contributed by atoms with Gasteiger partial charge >= 0.3 is 0 Å². The number of halogens is 1. The number of hydrogen-bond acceptors (Lipinski definition) is 5. The van der Waals surface area contributed by atoms with Crippen molar-refractivity contribution in [3.05, 3.63) is 58.6 Å². The van der Waals surface area contributed by atoms with E-state index in [1.54, 1.807) is 6.07 Å². The topological polar surface area (TPSA) is 98.8 Å². The van der Waals surface area contributed by atoms with Gasteiger partial charge in [-0.15, -0.1) is 0 Å². The smallest absolute Gasteiger partial charge is 0.252 e. The maximum absolute atomic E-state index is 11.3. The first-order valence-electron chi connectivity index (χ1n) is 8.78. The van der Waals surface area contributed by atoms with E-state index >= 15 is 0 Å². The number of aliphatic hydroxyl groups is 1. The molecule has 5 N–H and O–H groups in total. The van der Waals surface area contributed by atoms with E-state index < -0.39 is 12.0 Å². The lowest BCUT2D eigenvalue weighted by atomic mass is 10.0. The number of rotatable bonds is 9. The van der Waals surface area contributed by atoms with Crippen molar-refractivity contribution in [2.75, 3.05) is 25.0 Å². The van der Waals surface area contributed by atoms with Crippen LogP contribution in [-0.2, 0) is 0 Å². The van der Waals surface area contributed by atoms with E-state index in [1.807, 2.05) is 38.2 Å². The number of benzene rings is 2. The minimum Gasteiger partial charge on any atom is -0.507 e. The fourth-order valence-electron chi connectivity index (χ4n) is 2.70. The lowest BCUT2D eigenvalue weighted by Crippen LogP contribution is -2.33. The number of aliphatic hydroxyl groups excluding tert-OH is 1. The summed E-state index contributed by atoms with van der Waals surface area (Å²) < 4.78 is 0. The van der Waals surface area contributed by atoms with Crippen LogP contribution in [0.25, 0.3) is 0 Å². The highest BCUT2D eigenvalue weighted by Gasteiger charge is 2.14. The van der Waals surface area contributed by atoms with Crippen LogP contribution in [0.3, 0.4) is 0 Å². The van der Waals surface area contributed by atoms with Crippen molar-refractivity contribution in [3.8, 4) is 5.75 Å². The molecule has 0 aromatic heterocycles. The van der Waals surface area contributed by atoms with Crippen molar-refractivity contribution in [2.24, 2.45) is 5.73 Å². The van der Waals surface area contributed by atoms with Gasteiger partial charge in [0.2, 0.25) is 0 Å². The van der Waals surface area contributed by atoms with Gasteiger partial charge in [0.05, 0.1) is 11.7 Å². The van der Waals surface area contributed by atoms with E-state index in [0.717, 1.165) is 18.7 Å². The van der Waals surface area contributed by atoms with Gasteiger partial charge in [0.15, 0.2) is 0 Å². The van der Waals surface area contributed by atoms with Crippen LogP contribution in [0.15, 0.2) is 42.5 Å². The molecule has 0 aliphatic heterocycles. The van der Waals surface area contributed by atoms with Crippen molar-refractivity contribution in [1.82, 2.24) is 5.32 Å². The highest BCUT2D eigenvalue weighted by Crippen LogP contribution is 2.22. The fraction of sp³-hybridized carbons (Fsp3) is 0.350. The molecule has 0 bridgehead atoms. The summed E-state index contributed by atoms with van der Waals surface area (Å²) in [5.74, 6) is -0.918. The Labute approximate surface area is 164 Å². The van der Waals surface area contributed by atoms with Crippen LogP contribution in [0.1, 0.15) is 35.4 Å². The molecule has 0 aliphatic carbocycles. The number of nitrogens with zero attached hydrogens (tertiary/aromatic N) is 1. The van der Waals surface area contributed by atoms with E-state index in [9.17, 15) is 15.0 Å². The van der Waals surface area contributed by atoms with Gasteiger partial charge in [0.1, 0.15) is 5.75 Å². The summed E-state index contributed by atoms with van der Waals surface area (Å²) >= 11 is 5.91. The second kappa shape index (κ2) is 9.60. The fourth-order valence-corrected chi connectivity index (χ4v) is 2.83. The summed E-state index contributed by atoms with van der Waals surface area (Å²) in [6, 6.07) is 12.2. The van der Waals surface area contributed by atoms with Gasteiger partial charge in [0, 0.05) is 36.9 Å². The average molecular weight is 392 g/mol. The van der Waals surface area contributed by atoms with E-state index in [0.29, 0.717) is 17.1 Å². The van der Waals surface area contributed by atoms with Crippen molar-refractivity contribution >= 4 is 23.2 Å². The Morgan fingerprint density at radius 1 is 1.26 bits per heavy atom. The van der Waals surface area contributed by atoms with E-state index in [4.69, 9.17) is 17.3 Å². The second-order valence-corrected chi connectivity index (χ2v) is 7.09. The molecule has 0 aliphatic rings. The molecule has 7 heteroatoms. The summed E-state index contributed by atoms with van der Waals surface area (Å²) in [5.41, 5.74) is 6.85. The molecule has 6 nitrogen and oxygen atoms in total. The highest BCUT2D eigenvalue weighted by atomic mass is 35.5. The van der Waals surface area contributed by atoms with Crippen molar-refractivity contribution in [2.45, 2.75) is 25.5 Å². The summed E-state index contributed by atoms with van der Waals surface area (Å²) in [4.78, 5) is 13.4. The molecule has 146 valence electrons. The molecule has 0 saturated heterocycles. The number of anilines is 1. The lowest BCUT2D eigenvalue weighted by Gasteiger charge is -2.23. The minimum atomic E-state index is -0.805. The minimum absolute atomic E-state index is 0.00388. The van der Waals surface area contributed by atoms with Gasteiger partial charge in [-0.25, -0.2) is 0 Å². The zero-order chi connectivity index (χ0) is 20.0. The molecule has 27 heavy (non-hydrogen) atoms.